The van der Waals surface area contributed by atoms with Gasteiger partial charge in [-0.1, -0.05) is 25.8 Å². The number of hydrogen-bond acceptors (Lipinski definition) is 4. The van der Waals surface area contributed by atoms with Crippen LogP contribution >= 0.6 is 0 Å². The van der Waals surface area contributed by atoms with Gasteiger partial charge in [0, 0.05) is 6.08 Å². The van der Waals surface area contributed by atoms with Crippen molar-refractivity contribution in [1.29, 1.82) is 0 Å². The molecule has 0 radical (unpaired) electrons. The Hall–Kier alpha value is -2.82. The highest BCUT2D eigenvalue weighted by atomic mass is 16.5. The highest BCUT2D eigenvalue weighted by molar-refractivity contribution is 5.87. The minimum atomic E-state index is -0.981. The lowest BCUT2D eigenvalue weighted by Gasteiger charge is -2.06. The van der Waals surface area contributed by atoms with Gasteiger partial charge in [0.25, 0.3) is 0 Å². The van der Waals surface area contributed by atoms with Crippen LogP contribution in [-0.4, -0.2) is 30.3 Å². The summed E-state index contributed by atoms with van der Waals surface area (Å²) in [7, 11) is 0. The number of carbonyl (C=O) groups is 2. The lowest BCUT2D eigenvalue weighted by Crippen LogP contribution is -2.24. The summed E-state index contributed by atoms with van der Waals surface area (Å²) in [6.45, 7) is 12.0. The predicted molar refractivity (Wildman–Crippen MR) is 97.4 cm³/mol. The number of allylic oxidation sites excluding steroid dienone is 1. The van der Waals surface area contributed by atoms with Crippen molar-refractivity contribution < 1.29 is 24.2 Å². The van der Waals surface area contributed by atoms with Gasteiger partial charge in [-0.3, -0.25) is 0 Å². The van der Waals surface area contributed by atoms with E-state index in [1.807, 2.05) is 0 Å². The van der Waals surface area contributed by atoms with Crippen LogP contribution in [0.4, 0.5) is 0 Å². The van der Waals surface area contributed by atoms with Crippen molar-refractivity contribution in [2.75, 3.05) is 13.2 Å². The highest BCUT2D eigenvalue weighted by Gasteiger charge is 2.01. The molecule has 0 aromatic heterocycles. The number of benzene rings is 1. The molecular weight excluding hydrogens is 320 g/mol. The number of carboxylic acid groups (broad SMARTS) is 1. The van der Waals surface area contributed by atoms with Gasteiger partial charge in [0.05, 0.1) is 18.8 Å². The molecule has 0 aliphatic rings. The minimum absolute atomic E-state index is 0.201. The molecule has 1 N–H and O–H groups in total. The molecule has 0 saturated carbocycles. The number of carboxylic acids is 1. The number of rotatable bonds is 11. The Morgan fingerprint density at radius 2 is 1.72 bits per heavy atom. The minimum Gasteiger partial charge on any atom is -0.494 e. The van der Waals surface area contributed by atoms with Crippen LogP contribution in [0.15, 0.2) is 43.2 Å². The second-order valence-electron chi connectivity index (χ2n) is 5.46. The summed E-state index contributed by atoms with van der Waals surface area (Å²) in [6.07, 6.45) is 6.49. The van der Waals surface area contributed by atoms with Crippen LogP contribution in [0.2, 0.25) is 0 Å². The van der Waals surface area contributed by atoms with Gasteiger partial charge in [-0.15, -0.1) is 0 Å². The first-order valence-corrected chi connectivity index (χ1v) is 8.09. The van der Waals surface area contributed by atoms with Crippen LogP contribution in [0.3, 0.4) is 0 Å². The highest BCUT2D eigenvalue weighted by Crippen LogP contribution is 2.03. The van der Waals surface area contributed by atoms with Gasteiger partial charge in [-0.05, 0) is 54.3 Å². The van der Waals surface area contributed by atoms with Crippen molar-refractivity contribution in [2.45, 2.75) is 25.7 Å². The Labute approximate surface area is 147 Å². The normalized spacial score (nSPS) is 11.0. The zero-order chi connectivity index (χ0) is 18.7. The van der Waals surface area contributed by atoms with Crippen molar-refractivity contribution in [3.05, 3.63) is 59.2 Å². The molecule has 0 bridgehead atoms. The zero-order valence-electron chi connectivity index (χ0n) is 14.3. The molecule has 0 heterocycles. The summed E-state index contributed by atoms with van der Waals surface area (Å²) in [5, 5.41) is 10.3. The fourth-order valence-electron chi connectivity index (χ4n) is 2.09. The fourth-order valence-corrected chi connectivity index (χ4v) is 2.09. The third-order valence-electron chi connectivity index (χ3n) is 3.44. The molecule has 25 heavy (non-hydrogen) atoms. The fraction of sp³-hybridized carbons (Fsp3) is 0.300. The first kappa shape index (κ1) is 20.2. The van der Waals surface area contributed by atoms with Crippen LogP contribution in [0.25, 0.3) is 12.7 Å². The molecule has 0 unspecified atom stereocenters. The molecule has 0 atom stereocenters. The molecule has 0 aliphatic heterocycles. The summed E-state index contributed by atoms with van der Waals surface area (Å²) >= 11 is 0. The van der Waals surface area contributed by atoms with Crippen LogP contribution < -0.4 is 10.4 Å². The zero-order valence-corrected chi connectivity index (χ0v) is 14.3. The summed E-state index contributed by atoms with van der Waals surface area (Å²) in [5.41, 5.74) is 0.201. The Morgan fingerprint density at radius 3 is 2.28 bits per heavy atom. The molecule has 1 aromatic carbocycles. The largest absolute Gasteiger partial charge is 0.494 e. The topological polar surface area (TPSA) is 72.8 Å². The molecule has 0 fully saturated rings. The molecule has 5 nitrogen and oxygen atoms in total. The first-order valence-electron chi connectivity index (χ1n) is 8.09. The van der Waals surface area contributed by atoms with Crippen molar-refractivity contribution in [3.8, 4) is 0 Å². The van der Waals surface area contributed by atoms with Crippen LogP contribution in [0.1, 0.15) is 36.0 Å². The standard InChI is InChI=1S/C20H24O5/c1-4-19(21)25-12-8-6-5-7-11-24-16(3)14-17-9-10-18(20(22)23)13-15(17)2/h4,9-10,13-14H,1-3,5-8,11-12H2,(H,22,23)/b17-14-. The molecule has 0 amide bonds. The van der Waals surface area contributed by atoms with Crippen molar-refractivity contribution in [3.63, 3.8) is 0 Å². The summed E-state index contributed by atoms with van der Waals surface area (Å²) < 4.78 is 10.4. The lowest BCUT2D eigenvalue weighted by molar-refractivity contribution is -0.137. The van der Waals surface area contributed by atoms with E-state index in [2.05, 4.69) is 19.7 Å². The van der Waals surface area contributed by atoms with E-state index in [4.69, 9.17) is 14.6 Å². The van der Waals surface area contributed by atoms with Gasteiger partial charge in [0.1, 0.15) is 5.76 Å². The number of esters is 1. The Morgan fingerprint density at radius 1 is 1.08 bits per heavy atom. The van der Waals surface area contributed by atoms with Gasteiger partial charge < -0.3 is 14.6 Å². The predicted octanol–water partition coefficient (Wildman–Crippen LogP) is 2.40. The van der Waals surface area contributed by atoms with Crippen LogP contribution in [0, 0.1) is 0 Å². The van der Waals surface area contributed by atoms with E-state index < -0.39 is 11.9 Å². The molecule has 1 aromatic rings. The van der Waals surface area contributed by atoms with Gasteiger partial charge >= 0.3 is 11.9 Å². The molecule has 0 spiro atoms. The van der Waals surface area contributed by atoms with Gasteiger partial charge in [0.15, 0.2) is 0 Å². The lowest BCUT2D eigenvalue weighted by atomic mass is 10.1. The number of aromatic carboxylic acids is 1. The van der Waals surface area contributed by atoms with E-state index in [0.29, 0.717) is 24.2 Å². The molecule has 134 valence electrons. The number of ether oxygens (including phenoxy) is 2. The van der Waals surface area contributed by atoms with Gasteiger partial charge in [-0.25, -0.2) is 9.59 Å². The summed E-state index contributed by atoms with van der Waals surface area (Å²) in [6, 6.07) is 4.72. The maximum absolute atomic E-state index is 10.9. The van der Waals surface area contributed by atoms with Crippen molar-refractivity contribution >= 4 is 24.6 Å². The summed E-state index contributed by atoms with van der Waals surface area (Å²) in [4.78, 5) is 21.7. The van der Waals surface area contributed by atoms with Crippen molar-refractivity contribution in [2.24, 2.45) is 0 Å². The molecular formula is C20H24O5. The SMILES string of the molecule is C=CC(=O)OCCCCCCOC(=C)/C=c1/ccc(C(=O)O)cc1=C. The van der Waals surface area contributed by atoms with Gasteiger partial charge in [0.2, 0.25) is 0 Å². The third kappa shape index (κ3) is 8.01. The Balaban J connectivity index is 2.29. The van der Waals surface area contributed by atoms with Gasteiger partial charge in [-0.2, -0.15) is 0 Å². The quantitative estimate of drug-likeness (QED) is 0.289. The van der Waals surface area contributed by atoms with E-state index in [-0.39, 0.29) is 5.56 Å². The first-order chi connectivity index (χ1) is 11.9. The Kier molecular flexibility index (Phi) is 8.79. The number of carbonyl (C=O) groups excluding carboxylic acids is 1. The molecule has 1 rings (SSSR count). The molecule has 0 aliphatic carbocycles. The van der Waals surface area contributed by atoms with E-state index in [1.54, 1.807) is 12.1 Å². The number of unbranched alkanes of at least 4 members (excludes halogenated alkanes) is 3. The van der Waals surface area contributed by atoms with E-state index >= 15 is 0 Å². The van der Waals surface area contributed by atoms with E-state index in [0.717, 1.165) is 37.0 Å². The average Bonchev–Trinajstić information content (AvgIpc) is 2.58. The maximum atomic E-state index is 10.9. The monoisotopic (exact) mass is 344 g/mol. The van der Waals surface area contributed by atoms with E-state index in [1.165, 1.54) is 12.1 Å². The Bertz CT molecular complexity index is 733. The summed E-state index contributed by atoms with van der Waals surface area (Å²) in [5.74, 6) is -0.866. The molecule has 0 saturated heterocycles. The van der Waals surface area contributed by atoms with Crippen LogP contribution in [-0.2, 0) is 14.3 Å². The second kappa shape index (κ2) is 10.9. The average molecular weight is 344 g/mol. The van der Waals surface area contributed by atoms with Crippen molar-refractivity contribution in [1.82, 2.24) is 0 Å². The molecule has 5 heteroatoms. The second-order valence-corrected chi connectivity index (χ2v) is 5.46. The third-order valence-corrected chi connectivity index (χ3v) is 3.44. The maximum Gasteiger partial charge on any atom is 0.335 e. The van der Waals surface area contributed by atoms with Crippen LogP contribution in [0.5, 0.6) is 0 Å². The van der Waals surface area contributed by atoms with E-state index in [9.17, 15) is 9.59 Å². The number of hydrogen-bond donors (Lipinski definition) is 1. The smallest absolute Gasteiger partial charge is 0.335 e.